The monoisotopic (exact) mass is 396 g/mol. The summed E-state index contributed by atoms with van der Waals surface area (Å²) in [6.45, 7) is 0.665. The number of aliphatic hydroxyl groups is 7. The first-order chi connectivity index (χ1) is 12.8. The number of hydrogen-bond donors (Lipinski definition) is 7. The molecule has 0 saturated carbocycles. The Kier molecular flexibility index (Phi) is 9.29. The lowest BCUT2D eigenvalue weighted by Gasteiger charge is -2.34. The van der Waals surface area contributed by atoms with Crippen molar-refractivity contribution in [1.82, 2.24) is 0 Å². The van der Waals surface area contributed by atoms with Crippen molar-refractivity contribution in [3.05, 3.63) is 0 Å². The van der Waals surface area contributed by atoms with Gasteiger partial charge in [-0.1, -0.05) is 0 Å². The molecule has 0 aromatic rings. The molecule has 0 aromatic heterocycles. The largest absolute Gasteiger partial charge is 0.390 e. The molecule has 0 amide bonds. The zero-order valence-electron chi connectivity index (χ0n) is 15.2. The molecule has 0 radical (unpaired) electrons. The van der Waals surface area contributed by atoms with Crippen LogP contribution < -0.4 is 0 Å². The molecular formula is C17H32O10. The molecular weight excluding hydrogens is 364 g/mol. The van der Waals surface area contributed by atoms with Crippen LogP contribution in [0.25, 0.3) is 0 Å². The minimum absolute atomic E-state index is 0.0819. The molecule has 2 fully saturated rings. The number of aliphatic hydroxyl groups excluding tert-OH is 7. The normalized spacial score (nSPS) is 44.8. The maximum absolute atomic E-state index is 10.2. The van der Waals surface area contributed by atoms with Crippen LogP contribution in [0.15, 0.2) is 0 Å². The van der Waals surface area contributed by atoms with Gasteiger partial charge in [-0.3, -0.25) is 0 Å². The third-order valence-electron chi connectivity index (χ3n) is 5.28. The maximum atomic E-state index is 10.2. The smallest absolute Gasteiger partial charge is 0.111 e. The van der Waals surface area contributed by atoms with Gasteiger partial charge in [-0.25, -0.2) is 0 Å². The average molecular weight is 396 g/mol. The van der Waals surface area contributed by atoms with Crippen LogP contribution in [-0.2, 0) is 14.2 Å². The molecule has 9 unspecified atom stereocenters. The van der Waals surface area contributed by atoms with Crippen molar-refractivity contribution >= 4 is 0 Å². The van der Waals surface area contributed by atoms with Gasteiger partial charge in [-0.2, -0.15) is 0 Å². The van der Waals surface area contributed by atoms with E-state index in [0.29, 0.717) is 6.42 Å². The van der Waals surface area contributed by atoms with E-state index in [1.54, 1.807) is 0 Å². The molecule has 160 valence electrons. The van der Waals surface area contributed by atoms with E-state index in [-0.39, 0.29) is 46.1 Å². The number of hydrogen-bond acceptors (Lipinski definition) is 10. The summed E-state index contributed by atoms with van der Waals surface area (Å²) in [5, 5.41) is 69.2. The Balaban J connectivity index is 1.79. The van der Waals surface area contributed by atoms with Crippen LogP contribution in [0.5, 0.6) is 0 Å². The van der Waals surface area contributed by atoms with Crippen LogP contribution in [0.4, 0.5) is 0 Å². The fourth-order valence-electron chi connectivity index (χ4n) is 3.33. The second-order valence-corrected chi connectivity index (χ2v) is 7.37. The molecule has 27 heavy (non-hydrogen) atoms. The molecule has 0 aliphatic carbocycles. The van der Waals surface area contributed by atoms with Gasteiger partial charge < -0.3 is 50.0 Å². The van der Waals surface area contributed by atoms with Crippen molar-refractivity contribution in [1.29, 1.82) is 0 Å². The summed E-state index contributed by atoms with van der Waals surface area (Å²) in [6.07, 6.45) is -8.51. The molecule has 0 spiro atoms. The maximum Gasteiger partial charge on any atom is 0.111 e. The number of ether oxygens (including phenoxy) is 3. The minimum Gasteiger partial charge on any atom is -0.390 e. The second-order valence-electron chi connectivity index (χ2n) is 7.37. The van der Waals surface area contributed by atoms with Crippen LogP contribution in [-0.4, -0.2) is 118 Å². The van der Waals surface area contributed by atoms with E-state index < -0.39 is 54.6 Å². The molecule has 2 aliphatic heterocycles. The van der Waals surface area contributed by atoms with E-state index in [9.17, 15) is 35.7 Å². The molecule has 7 N–H and O–H groups in total. The molecule has 10 nitrogen and oxygen atoms in total. The Morgan fingerprint density at radius 3 is 2.04 bits per heavy atom. The third-order valence-corrected chi connectivity index (χ3v) is 5.28. The highest BCUT2D eigenvalue weighted by Crippen LogP contribution is 2.21. The van der Waals surface area contributed by atoms with Crippen LogP contribution in [0.2, 0.25) is 0 Å². The van der Waals surface area contributed by atoms with E-state index in [2.05, 4.69) is 0 Å². The second kappa shape index (κ2) is 11.0. The number of rotatable bonds is 5. The van der Waals surface area contributed by atoms with Crippen LogP contribution in [0.1, 0.15) is 12.8 Å². The first kappa shape index (κ1) is 22.9. The summed E-state index contributed by atoms with van der Waals surface area (Å²) in [5.41, 5.74) is 0. The quantitative estimate of drug-likeness (QED) is 0.233. The van der Waals surface area contributed by atoms with Crippen molar-refractivity contribution in [2.75, 3.05) is 39.6 Å². The van der Waals surface area contributed by atoms with Gasteiger partial charge in [-0.05, 0) is 12.8 Å². The predicted molar refractivity (Wildman–Crippen MR) is 90.7 cm³/mol. The van der Waals surface area contributed by atoms with Crippen molar-refractivity contribution in [2.24, 2.45) is 11.8 Å². The van der Waals surface area contributed by atoms with Crippen molar-refractivity contribution in [3.63, 3.8) is 0 Å². The Hall–Kier alpha value is -0.400. The molecule has 2 aliphatic rings. The van der Waals surface area contributed by atoms with Crippen LogP contribution in [0.3, 0.4) is 0 Å². The van der Waals surface area contributed by atoms with Crippen LogP contribution in [0, 0.1) is 11.8 Å². The van der Waals surface area contributed by atoms with Gasteiger partial charge in [0.05, 0.1) is 44.7 Å². The Morgan fingerprint density at radius 2 is 1.30 bits per heavy atom. The van der Waals surface area contributed by atoms with Gasteiger partial charge in [0.1, 0.15) is 24.4 Å². The molecule has 2 saturated heterocycles. The first-order valence-electron chi connectivity index (χ1n) is 9.32. The van der Waals surface area contributed by atoms with E-state index in [1.807, 2.05) is 0 Å². The van der Waals surface area contributed by atoms with E-state index >= 15 is 0 Å². The summed E-state index contributed by atoms with van der Waals surface area (Å²) in [4.78, 5) is 0. The third kappa shape index (κ3) is 6.29. The van der Waals surface area contributed by atoms with Gasteiger partial charge in [-0.15, -0.1) is 0 Å². The van der Waals surface area contributed by atoms with Crippen molar-refractivity contribution < 1.29 is 50.0 Å². The molecule has 9 atom stereocenters. The summed E-state index contributed by atoms with van der Waals surface area (Å²) >= 11 is 0. The zero-order chi connectivity index (χ0) is 20.0. The topological polar surface area (TPSA) is 169 Å². The summed E-state index contributed by atoms with van der Waals surface area (Å²) in [7, 11) is 0. The predicted octanol–water partition coefficient (Wildman–Crippen LogP) is -3.40. The van der Waals surface area contributed by atoms with E-state index in [1.165, 1.54) is 0 Å². The summed E-state index contributed by atoms with van der Waals surface area (Å²) in [5.74, 6) is -1.02. The highest BCUT2D eigenvalue weighted by molar-refractivity contribution is 4.87. The molecule has 0 aromatic carbocycles. The molecule has 0 bridgehead atoms. The lowest BCUT2D eigenvalue weighted by atomic mass is 9.90. The van der Waals surface area contributed by atoms with Gasteiger partial charge >= 0.3 is 0 Å². The fraction of sp³-hybridized carbons (Fsp3) is 1.00. The minimum atomic E-state index is -1.50. The Morgan fingerprint density at radius 1 is 0.667 bits per heavy atom. The highest BCUT2D eigenvalue weighted by Gasteiger charge is 2.37. The Labute approximate surface area is 157 Å². The molecule has 2 heterocycles. The van der Waals surface area contributed by atoms with Gasteiger partial charge in [0, 0.05) is 25.0 Å². The van der Waals surface area contributed by atoms with Crippen molar-refractivity contribution in [3.8, 4) is 0 Å². The first-order valence-corrected chi connectivity index (χ1v) is 9.32. The van der Waals surface area contributed by atoms with E-state index in [4.69, 9.17) is 14.2 Å². The zero-order valence-corrected chi connectivity index (χ0v) is 15.2. The average Bonchev–Trinajstić information content (AvgIpc) is 2.66. The van der Waals surface area contributed by atoms with E-state index in [0.717, 1.165) is 0 Å². The van der Waals surface area contributed by atoms with Gasteiger partial charge in [0.25, 0.3) is 0 Å². The Bertz CT molecular complexity index is 425. The SMILES string of the molecule is OC1CCOCC(COCCC2COCC(O)C(O)C(O)C2O)C(O)C1O. The highest BCUT2D eigenvalue weighted by atomic mass is 16.5. The molecule has 10 heteroatoms. The standard InChI is InChI=1S/C17H32O10/c18-11-2-4-26-7-10(14(21)15(11)22)6-25-3-1-9-5-27-8-12(19)16(23)17(24)13(9)20/h9-24H,1-8H2. The van der Waals surface area contributed by atoms with Crippen molar-refractivity contribution in [2.45, 2.75) is 55.6 Å². The lowest BCUT2D eigenvalue weighted by molar-refractivity contribution is -0.163. The lowest BCUT2D eigenvalue weighted by Crippen LogP contribution is -2.51. The molecule has 2 rings (SSSR count). The summed E-state index contributed by atoms with van der Waals surface area (Å²) in [6, 6.07) is 0. The van der Waals surface area contributed by atoms with Gasteiger partial charge in [0.2, 0.25) is 0 Å². The van der Waals surface area contributed by atoms with Crippen LogP contribution >= 0.6 is 0 Å². The summed E-state index contributed by atoms with van der Waals surface area (Å²) < 4.78 is 16.1. The fourth-order valence-corrected chi connectivity index (χ4v) is 3.33. The van der Waals surface area contributed by atoms with Gasteiger partial charge in [0.15, 0.2) is 0 Å².